The lowest BCUT2D eigenvalue weighted by molar-refractivity contribution is -0.302. The Morgan fingerprint density at radius 1 is 0.348 bits per heavy atom. The Kier molecular flexibility index (Phi) is 6.44. The van der Waals surface area contributed by atoms with Gasteiger partial charge in [0.05, 0.1) is 0 Å². The monoisotopic (exact) mass is 434 g/mol. The van der Waals surface area contributed by atoms with Crippen molar-refractivity contribution < 1.29 is 61.5 Å². The van der Waals surface area contributed by atoms with Crippen molar-refractivity contribution in [2.45, 2.75) is 34.7 Å². The quantitative estimate of drug-likeness (QED) is 0.362. The lowest BCUT2D eigenvalue weighted by Gasteiger charge is -2.31. The van der Waals surface area contributed by atoms with Crippen LogP contribution in [0.15, 0.2) is 0 Å². The second kappa shape index (κ2) is 6.42. The molecule has 0 spiro atoms. The molecule has 0 bridgehead atoms. The molecule has 0 amide bonds. The van der Waals surface area contributed by atoms with E-state index < -0.39 is 66.1 Å². The van der Waals surface area contributed by atoms with Gasteiger partial charge in [-0.15, -0.1) is 0 Å². The van der Waals surface area contributed by atoms with Crippen LogP contribution in [0, 0.1) is 0 Å². The van der Waals surface area contributed by atoms with Gasteiger partial charge in [-0.2, -0.15) is 52.7 Å². The van der Waals surface area contributed by atoms with Crippen LogP contribution in [0.1, 0.15) is 0 Å². The second-order valence-electron chi connectivity index (χ2n) is 3.42. The van der Waals surface area contributed by atoms with Crippen LogP contribution in [0.2, 0.25) is 0 Å². The molecule has 23 heavy (non-hydrogen) atoms. The summed E-state index contributed by atoms with van der Waals surface area (Å²) in [4.78, 5) is 0. The lowest BCUT2D eigenvalue weighted by atomic mass is 10.3. The lowest BCUT2D eigenvalue weighted by Crippen LogP contribution is -2.51. The zero-order valence-electron chi connectivity index (χ0n) is 9.52. The Labute approximate surface area is 128 Å². The van der Waals surface area contributed by atoms with Gasteiger partial charge in [0.2, 0.25) is 0 Å². The zero-order chi connectivity index (χ0) is 19.1. The third-order valence-electron chi connectivity index (χ3n) is 1.76. The van der Waals surface area contributed by atoms with Gasteiger partial charge in [-0.05, 0) is 31.4 Å². The largest absolute Gasteiger partial charge is 0.442 e. The Hall–Kier alpha value is 0.0700. The van der Waals surface area contributed by atoms with E-state index in [1.54, 1.807) is 0 Å². The van der Waals surface area contributed by atoms with Gasteiger partial charge in [-0.25, -0.2) is 8.78 Å². The highest BCUT2D eigenvalue weighted by Crippen LogP contribution is 2.64. The summed E-state index contributed by atoms with van der Waals surface area (Å²) in [6.07, 6.45) is -26.9. The van der Waals surface area contributed by atoms with Crippen molar-refractivity contribution in [1.29, 1.82) is 0 Å². The van der Waals surface area contributed by atoms with Crippen molar-refractivity contribution in [3.8, 4) is 0 Å². The number of alkyl halides is 14. The molecule has 140 valence electrons. The maximum absolute atomic E-state index is 13.0. The van der Waals surface area contributed by atoms with Crippen LogP contribution < -0.4 is 0 Å². The minimum Gasteiger partial charge on any atom is -0.210 e. The predicted molar refractivity (Wildman–Crippen MR) is 54.7 cm³/mol. The van der Waals surface area contributed by atoms with Crippen LogP contribution in [0.3, 0.4) is 0 Å². The molecule has 0 radical (unpaired) electrons. The molecular weight excluding hydrogens is 434 g/mol. The van der Waals surface area contributed by atoms with Gasteiger partial charge in [-0.3, -0.25) is 0 Å². The maximum Gasteiger partial charge on any atom is 0.442 e. The van der Waals surface area contributed by atoms with E-state index in [0.717, 1.165) is 0 Å². The summed E-state index contributed by atoms with van der Waals surface area (Å²) in [5.41, 5.74) is 0. The number of halogens is 14. The fourth-order valence-electron chi connectivity index (χ4n) is 0.621. The molecule has 0 N–H and O–H groups in total. The topological polar surface area (TPSA) is 0 Å². The number of hydrogen-bond donors (Lipinski definition) is 0. The molecule has 0 unspecified atom stereocenters. The fraction of sp³-hybridized carbons (Fsp3) is 1.00. The summed E-state index contributed by atoms with van der Waals surface area (Å²) in [7, 11) is -5.78. The molecule has 0 saturated heterocycles. The van der Waals surface area contributed by atoms with Crippen molar-refractivity contribution in [2.24, 2.45) is 0 Å². The standard InChI is InChI=1S/C6F14S3/c7-1(3(9,10)11,4(12,13)14)21-23-22-2(8,5(15,16)17)6(18,19)20. The number of hydrogen-bond acceptors (Lipinski definition) is 3. The average Bonchev–Trinajstić information content (AvgIpc) is 2.22. The van der Waals surface area contributed by atoms with Crippen molar-refractivity contribution in [3.05, 3.63) is 0 Å². The second-order valence-corrected chi connectivity index (χ2v) is 7.64. The fourth-order valence-corrected chi connectivity index (χ4v) is 5.01. The van der Waals surface area contributed by atoms with Crippen molar-refractivity contribution in [1.82, 2.24) is 0 Å². The summed E-state index contributed by atoms with van der Waals surface area (Å²) in [5.74, 6) is 0. The first kappa shape index (κ1) is 23.1. The SMILES string of the molecule is FC(F)(F)C(F)(SSSC(F)(C(F)(F)F)C(F)(F)F)C(F)(F)F. The smallest absolute Gasteiger partial charge is 0.210 e. The van der Waals surface area contributed by atoms with Crippen LogP contribution in [0.25, 0.3) is 0 Å². The molecule has 0 aromatic heterocycles. The van der Waals surface area contributed by atoms with Crippen molar-refractivity contribution in [2.75, 3.05) is 0 Å². The molecule has 0 nitrogen and oxygen atoms in total. The van der Waals surface area contributed by atoms with Gasteiger partial charge in [0, 0.05) is 0 Å². The van der Waals surface area contributed by atoms with Crippen LogP contribution in [-0.4, -0.2) is 34.7 Å². The molecular formula is C6F14S3. The van der Waals surface area contributed by atoms with Crippen LogP contribution in [-0.2, 0) is 0 Å². The number of rotatable bonds is 4. The van der Waals surface area contributed by atoms with Gasteiger partial charge < -0.3 is 0 Å². The van der Waals surface area contributed by atoms with E-state index in [9.17, 15) is 61.5 Å². The van der Waals surface area contributed by atoms with E-state index in [4.69, 9.17) is 0 Å². The van der Waals surface area contributed by atoms with E-state index in [1.807, 2.05) is 0 Å². The highest BCUT2D eigenvalue weighted by molar-refractivity contribution is 9.09. The first-order chi connectivity index (χ1) is 9.71. The molecule has 0 aromatic carbocycles. The maximum atomic E-state index is 13.0. The van der Waals surface area contributed by atoms with E-state index in [-0.39, 0.29) is 0 Å². The molecule has 0 heterocycles. The Morgan fingerprint density at radius 3 is 0.652 bits per heavy atom. The first-order valence-electron chi connectivity index (χ1n) is 4.39. The Balaban J connectivity index is 5.38. The molecule has 0 aliphatic rings. The van der Waals surface area contributed by atoms with Gasteiger partial charge >= 0.3 is 34.7 Å². The van der Waals surface area contributed by atoms with Crippen molar-refractivity contribution >= 4 is 31.4 Å². The normalized spacial score (nSPS) is 15.9. The molecule has 0 aliphatic carbocycles. The highest BCUT2D eigenvalue weighted by atomic mass is 33.5. The van der Waals surface area contributed by atoms with Crippen LogP contribution in [0.4, 0.5) is 61.5 Å². The van der Waals surface area contributed by atoms with E-state index in [2.05, 4.69) is 0 Å². The molecule has 0 aliphatic heterocycles. The molecule has 0 rings (SSSR count). The molecule has 0 aromatic rings. The highest BCUT2D eigenvalue weighted by Gasteiger charge is 2.76. The van der Waals surface area contributed by atoms with Gasteiger partial charge in [0.15, 0.2) is 0 Å². The summed E-state index contributed by atoms with van der Waals surface area (Å²) in [6.45, 7) is 0. The third kappa shape index (κ3) is 4.58. The summed E-state index contributed by atoms with van der Waals surface area (Å²) in [6, 6.07) is 0. The average molecular weight is 434 g/mol. The van der Waals surface area contributed by atoms with Gasteiger partial charge in [0.25, 0.3) is 0 Å². The summed E-state index contributed by atoms with van der Waals surface area (Å²) < 4.78 is 170. The third-order valence-corrected chi connectivity index (χ3v) is 6.29. The van der Waals surface area contributed by atoms with E-state index in [0.29, 0.717) is 0 Å². The van der Waals surface area contributed by atoms with E-state index in [1.165, 1.54) is 0 Å². The van der Waals surface area contributed by atoms with Crippen LogP contribution in [0.5, 0.6) is 0 Å². The Morgan fingerprint density at radius 2 is 0.522 bits per heavy atom. The van der Waals surface area contributed by atoms with Crippen molar-refractivity contribution in [3.63, 3.8) is 0 Å². The summed E-state index contributed by atoms with van der Waals surface area (Å²) >= 11 is 0. The summed E-state index contributed by atoms with van der Waals surface area (Å²) in [5, 5.41) is -12.4. The minimum atomic E-state index is -6.72. The molecule has 0 atom stereocenters. The first-order valence-corrected chi connectivity index (χ1v) is 7.87. The van der Waals surface area contributed by atoms with Crippen LogP contribution >= 0.6 is 31.4 Å². The molecule has 0 fully saturated rings. The van der Waals surface area contributed by atoms with Gasteiger partial charge in [-0.1, -0.05) is 0 Å². The Bertz CT molecular complexity index is 335. The predicted octanol–water partition coefficient (Wildman–Crippen LogP) is 6.60. The molecule has 0 saturated carbocycles. The molecule has 17 heteroatoms. The minimum absolute atomic E-state index is 1.62. The van der Waals surface area contributed by atoms with Gasteiger partial charge in [0.1, 0.15) is 0 Å². The zero-order valence-corrected chi connectivity index (χ0v) is 12.0. The van der Waals surface area contributed by atoms with E-state index >= 15 is 0 Å².